The van der Waals surface area contributed by atoms with E-state index in [9.17, 15) is 8.78 Å². The topological polar surface area (TPSA) is 29.3 Å². The molecule has 0 amide bonds. The van der Waals surface area contributed by atoms with Crippen molar-refractivity contribution in [1.82, 2.24) is 4.90 Å². The lowest BCUT2D eigenvalue weighted by Gasteiger charge is -2.24. The third-order valence-electron chi connectivity index (χ3n) is 3.66. The van der Waals surface area contributed by atoms with Crippen molar-refractivity contribution in [3.05, 3.63) is 35.4 Å². The zero-order valence-electron chi connectivity index (χ0n) is 10.2. The maximum atomic E-state index is 13.7. The van der Waals surface area contributed by atoms with E-state index < -0.39 is 11.6 Å². The van der Waals surface area contributed by atoms with E-state index in [2.05, 4.69) is 11.8 Å². The first kappa shape index (κ1) is 12.5. The van der Waals surface area contributed by atoms with Crippen LogP contribution in [-0.2, 0) is 0 Å². The molecule has 0 saturated carbocycles. The van der Waals surface area contributed by atoms with Gasteiger partial charge in [-0.1, -0.05) is 13.0 Å². The number of nitrogens with zero attached hydrogens (tertiary/aromatic N) is 1. The lowest BCUT2D eigenvalue weighted by molar-refractivity contribution is 0.248. The van der Waals surface area contributed by atoms with Gasteiger partial charge in [0.05, 0.1) is 0 Å². The van der Waals surface area contributed by atoms with Gasteiger partial charge in [0.1, 0.15) is 11.6 Å². The van der Waals surface area contributed by atoms with E-state index in [1.807, 2.05) is 6.92 Å². The summed E-state index contributed by atoms with van der Waals surface area (Å²) in [5.41, 5.74) is 6.49. The molecule has 0 aliphatic carbocycles. The van der Waals surface area contributed by atoms with Crippen LogP contribution in [0.3, 0.4) is 0 Å². The lowest BCUT2D eigenvalue weighted by Crippen LogP contribution is -2.30. The molecule has 1 aliphatic heterocycles. The van der Waals surface area contributed by atoms with Gasteiger partial charge in [-0.25, -0.2) is 8.78 Å². The van der Waals surface area contributed by atoms with Gasteiger partial charge < -0.3 is 5.73 Å². The van der Waals surface area contributed by atoms with Crippen LogP contribution in [0.1, 0.15) is 25.5 Å². The average Bonchev–Trinajstić information content (AvgIpc) is 2.58. The Morgan fingerprint density at radius 1 is 1.35 bits per heavy atom. The number of benzene rings is 1. The van der Waals surface area contributed by atoms with Gasteiger partial charge in [0.2, 0.25) is 0 Å². The molecule has 0 radical (unpaired) electrons. The molecule has 1 aliphatic rings. The van der Waals surface area contributed by atoms with Crippen molar-refractivity contribution in [2.24, 2.45) is 11.7 Å². The Kier molecular flexibility index (Phi) is 3.45. The molecule has 0 bridgehead atoms. The van der Waals surface area contributed by atoms with Gasteiger partial charge in [-0.3, -0.25) is 4.90 Å². The Hall–Kier alpha value is -1.00. The molecule has 2 nitrogen and oxygen atoms in total. The molecule has 2 rings (SSSR count). The van der Waals surface area contributed by atoms with E-state index in [4.69, 9.17) is 5.73 Å². The highest BCUT2D eigenvalue weighted by Gasteiger charge is 2.31. The van der Waals surface area contributed by atoms with E-state index >= 15 is 0 Å². The highest BCUT2D eigenvalue weighted by Crippen LogP contribution is 2.28. The molecule has 94 valence electrons. The van der Waals surface area contributed by atoms with Crippen LogP contribution in [0.4, 0.5) is 8.78 Å². The highest BCUT2D eigenvalue weighted by molar-refractivity contribution is 5.22. The van der Waals surface area contributed by atoms with E-state index in [1.54, 1.807) is 0 Å². The van der Waals surface area contributed by atoms with Crippen LogP contribution in [0.2, 0.25) is 0 Å². The molecule has 1 aromatic rings. The maximum absolute atomic E-state index is 13.7. The zero-order valence-corrected chi connectivity index (χ0v) is 10.2. The average molecular weight is 240 g/mol. The molecule has 4 heteroatoms. The SMILES string of the molecule is CC1CN(C(C)c2ccc(F)cc2F)CC1N. The fourth-order valence-electron chi connectivity index (χ4n) is 2.38. The maximum Gasteiger partial charge on any atom is 0.130 e. The smallest absolute Gasteiger partial charge is 0.130 e. The quantitative estimate of drug-likeness (QED) is 0.859. The second-order valence-corrected chi connectivity index (χ2v) is 4.94. The van der Waals surface area contributed by atoms with E-state index in [-0.39, 0.29) is 12.1 Å². The Bertz CT molecular complexity index is 398. The fraction of sp³-hybridized carbons (Fsp3) is 0.538. The minimum Gasteiger partial charge on any atom is -0.326 e. The Morgan fingerprint density at radius 3 is 2.59 bits per heavy atom. The molecular formula is C13H18F2N2. The van der Waals surface area contributed by atoms with Crippen LogP contribution in [0, 0.1) is 17.6 Å². The van der Waals surface area contributed by atoms with Gasteiger partial charge in [-0.15, -0.1) is 0 Å². The van der Waals surface area contributed by atoms with E-state index in [0.29, 0.717) is 11.5 Å². The highest BCUT2D eigenvalue weighted by atomic mass is 19.1. The van der Waals surface area contributed by atoms with E-state index in [1.165, 1.54) is 12.1 Å². The standard InChI is InChI=1S/C13H18F2N2/c1-8-6-17(7-13(8)16)9(2)11-4-3-10(14)5-12(11)15/h3-5,8-9,13H,6-7,16H2,1-2H3. The first-order valence-corrected chi connectivity index (χ1v) is 5.93. The molecule has 3 atom stereocenters. The molecule has 0 aromatic heterocycles. The van der Waals surface area contributed by atoms with Crippen LogP contribution in [0.5, 0.6) is 0 Å². The van der Waals surface area contributed by atoms with Crippen molar-refractivity contribution in [2.45, 2.75) is 25.9 Å². The third-order valence-corrected chi connectivity index (χ3v) is 3.66. The predicted molar refractivity (Wildman–Crippen MR) is 63.5 cm³/mol. The third kappa shape index (κ3) is 2.48. The molecule has 17 heavy (non-hydrogen) atoms. The van der Waals surface area contributed by atoms with Gasteiger partial charge >= 0.3 is 0 Å². The van der Waals surface area contributed by atoms with Crippen molar-refractivity contribution in [2.75, 3.05) is 13.1 Å². The minimum absolute atomic E-state index is 0.0633. The number of halogens is 2. The second kappa shape index (κ2) is 4.70. The molecule has 1 heterocycles. The summed E-state index contributed by atoms with van der Waals surface area (Å²) in [5, 5.41) is 0. The van der Waals surface area contributed by atoms with Crippen molar-refractivity contribution >= 4 is 0 Å². The molecule has 3 unspecified atom stereocenters. The summed E-state index contributed by atoms with van der Waals surface area (Å²) in [6.45, 7) is 5.65. The normalized spacial score (nSPS) is 27.4. The van der Waals surface area contributed by atoms with Gasteiger partial charge in [0.25, 0.3) is 0 Å². The summed E-state index contributed by atoms with van der Waals surface area (Å²) in [7, 11) is 0. The minimum atomic E-state index is -0.537. The summed E-state index contributed by atoms with van der Waals surface area (Å²) in [6.07, 6.45) is 0. The number of likely N-dealkylation sites (tertiary alicyclic amines) is 1. The Balaban J connectivity index is 2.17. The Morgan fingerprint density at radius 2 is 2.06 bits per heavy atom. The lowest BCUT2D eigenvalue weighted by atomic mass is 10.1. The Labute approximate surface area is 100 Å². The van der Waals surface area contributed by atoms with Crippen LogP contribution >= 0.6 is 0 Å². The van der Waals surface area contributed by atoms with Crippen LogP contribution in [0.25, 0.3) is 0 Å². The van der Waals surface area contributed by atoms with Gasteiger partial charge in [0, 0.05) is 36.8 Å². The van der Waals surface area contributed by atoms with Crippen molar-refractivity contribution < 1.29 is 8.78 Å². The van der Waals surface area contributed by atoms with Gasteiger partial charge in [0.15, 0.2) is 0 Å². The zero-order chi connectivity index (χ0) is 12.6. The van der Waals surface area contributed by atoms with Gasteiger partial charge in [-0.2, -0.15) is 0 Å². The largest absolute Gasteiger partial charge is 0.326 e. The van der Waals surface area contributed by atoms with Crippen molar-refractivity contribution in [3.63, 3.8) is 0 Å². The number of rotatable bonds is 2. The molecule has 0 spiro atoms. The molecule has 1 aromatic carbocycles. The molecule has 2 N–H and O–H groups in total. The van der Waals surface area contributed by atoms with Crippen LogP contribution in [0.15, 0.2) is 18.2 Å². The van der Waals surface area contributed by atoms with E-state index in [0.717, 1.165) is 19.2 Å². The number of hydrogen-bond acceptors (Lipinski definition) is 2. The summed E-state index contributed by atoms with van der Waals surface area (Å²) in [4.78, 5) is 2.14. The molecule has 1 fully saturated rings. The number of nitrogens with two attached hydrogens (primary N) is 1. The monoisotopic (exact) mass is 240 g/mol. The fourth-order valence-corrected chi connectivity index (χ4v) is 2.38. The molecular weight excluding hydrogens is 222 g/mol. The summed E-state index contributed by atoms with van der Waals surface area (Å²) in [5.74, 6) is -0.600. The first-order valence-electron chi connectivity index (χ1n) is 5.93. The number of hydrogen-bond donors (Lipinski definition) is 1. The molecule has 1 saturated heterocycles. The second-order valence-electron chi connectivity index (χ2n) is 4.94. The summed E-state index contributed by atoms with van der Waals surface area (Å²) < 4.78 is 26.5. The first-order chi connectivity index (χ1) is 7.99. The van der Waals surface area contributed by atoms with Crippen LogP contribution < -0.4 is 5.73 Å². The predicted octanol–water partition coefficient (Wildman–Crippen LogP) is 2.30. The van der Waals surface area contributed by atoms with Crippen LogP contribution in [-0.4, -0.2) is 24.0 Å². The summed E-state index contributed by atoms with van der Waals surface area (Å²) >= 11 is 0. The van der Waals surface area contributed by atoms with Crippen molar-refractivity contribution in [3.8, 4) is 0 Å². The summed E-state index contributed by atoms with van der Waals surface area (Å²) in [6, 6.07) is 3.83. The van der Waals surface area contributed by atoms with Crippen molar-refractivity contribution in [1.29, 1.82) is 0 Å². The van der Waals surface area contributed by atoms with Gasteiger partial charge in [-0.05, 0) is 18.9 Å².